The highest BCUT2D eigenvalue weighted by atomic mass is 16.1. The van der Waals surface area contributed by atoms with Crippen LogP contribution in [0, 0.1) is 0 Å². The molecular weight excluding hydrogens is 326 g/mol. The van der Waals surface area contributed by atoms with Crippen LogP contribution in [0.4, 0.5) is 11.8 Å². The van der Waals surface area contributed by atoms with Crippen molar-refractivity contribution in [3.63, 3.8) is 0 Å². The molecule has 0 aliphatic carbocycles. The molecule has 2 fully saturated rings. The zero-order chi connectivity index (χ0) is 17.5. The van der Waals surface area contributed by atoms with E-state index in [0.717, 1.165) is 66.2 Å². The van der Waals surface area contributed by atoms with Gasteiger partial charge in [-0.3, -0.25) is 0 Å². The third-order valence-electron chi connectivity index (χ3n) is 5.63. The van der Waals surface area contributed by atoms with Crippen molar-refractivity contribution in [2.75, 3.05) is 36.0 Å². The molecule has 2 aliphatic rings. The van der Waals surface area contributed by atoms with E-state index < -0.39 is 0 Å². The third-order valence-corrected chi connectivity index (χ3v) is 5.63. The van der Waals surface area contributed by atoms with Crippen LogP contribution >= 0.6 is 0 Å². The monoisotopic (exact) mass is 349 g/mol. The maximum Gasteiger partial charge on any atom is 0.229 e. The first-order chi connectivity index (χ1) is 12.9. The molecule has 2 aliphatic heterocycles. The maximum atomic E-state index is 11.4. The number of para-hydroxylation sites is 1. The Morgan fingerprint density at radius 1 is 0.923 bits per heavy atom. The van der Waals surface area contributed by atoms with Crippen LogP contribution in [0.15, 0.2) is 24.3 Å². The smallest absolute Gasteiger partial charge is 0.229 e. The lowest BCUT2D eigenvalue weighted by atomic mass is 10.2. The van der Waals surface area contributed by atoms with Crippen LogP contribution < -0.4 is 9.80 Å². The van der Waals surface area contributed by atoms with Crippen molar-refractivity contribution in [2.45, 2.75) is 32.2 Å². The van der Waals surface area contributed by atoms with E-state index in [1.54, 1.807) is 0 Å². The van der Waals surface area contributed by atoms with Gasteiger partial charge >= 0.3 is 0 Å². The number of aromatic nitrogens is 3. The Labute approximate surface area is 152 Å². The second kappa shape index (κ2) is 6.27. The van der Waals surface area contributed by atoms with Crippen molar-refractivity contribution >= 4 is 40.0 Å². The van der Waals surface area contributed by atoms with Gasteiger partial charge in [-0.05, 0) is 31.7 Å². The second-order valence-electron chi connectivity index (χ2n) is 7.23. The Hall–Kier alpha value is -2.63. The van der Waals surface area contributed by atoms with Crippen LogP contribution in [0.1, 0.15) is 25.7 Å². The Bertz CT molecular complexity index is 967. The van der Waals surface area contributed by atoms with Gasteiger partial charge in [0.2, 0.25) is 5.95 Å². The number of hydrogen-bond donors (Lipinski definition) is 0. The number of hydrogen-bond acceptors (Lipinski definition) is 5. The summed E-state index contributed by atoms with van der Waals surface area (Å²) in [5, 5.41) is 2.23. The minimum absolute atomic E-state index is 0.319. The van der Waals surface area contributed by atoms with Gasteiger partial charge < -0.3 is 19.2 Å². The van der Waals surface area contributed by atoms with E-state index in [9.17, 15) is 4.79 Å². The van der Waals surface area contributed by atoms with E-state index in [2.05, 4.69) is 28.0 Å². The molecule has 5 rings (SSSR count). The lowest BCUT2D eigenvalue weighted by Crippen LogP contribution is -2.24. The lowest BCUT2D eigenvalue weighted by Gasteiger charge is -2.21. The summed E-state index contributed by atoms with van der Waals surface area (Å²) >= 11 is 0. The predicted molar refractivity (Wildman–Crippen MR) is 104 cm³/mol. The molecule has 0 amide bonds. The SMILES string of the molecule is O=CCn1c2ccccc2c2c(N3CCCC3)nc(N3CCCC3)nc21. The Kier molecular flexibility index (Phi) is 3.76. The van der Waals surface area contributed by atoms with Gasteiger partial charge in [0.25, 0.3) is 0 Å². The van der Waals surface area contributed by atoms with Gasteiger partial charge in [0, 0.05) is 31.6 Å². The van der Waals surface area contributed by atoms with E-state index in [4.69, 9.17) is 9.97 Å². The Morgan fingerprint density at radius 3 is 2.35 bits per heavy atom. The molecule has 0 bridgehead atoms. The van der Waals surface area contributed by atoms with Gasteiger partial charge in [-0.15, -0.1) is 0 Å². The number of benzene rings is 1. The highest BCUT2D eigenvalue weighted by Gasteiger charge is 2.25. The fourth-order valence-corrected chi connectivity index (χ4v) is 4.37. The third kappa shape index (κ3) is 2.35. The van der Waals surface area contributed by atoms with E-state index in [-0.39, 0.29) is 0 Å². The summed E-state index contributed by atoms with van der Waals surface area (Å²) in [6.07, 6.45) is 5.75. The van der Waals surface area contributed by atoms with E-state index in [1.165, 1.54) is 25.7 Å². The molecule has 0 unspecified atom stereocenters. The van der Waals surface area contributed by atoms with Crippen LogP contribution in [0.3, 0.4) is 0 Å². The standard InChI is InChI=1S/C20H23N5O/c26-14-13-25-16-8-2-1-7-15(16)17-18(23-9-3-4-10-23)21-20(22-19(17)25)24-11-5-6-12-24/h1-2,7-8,14H,3-6,9-13H2. The average Bonchev–Trinajstić information content (AvgIpc) is 3.43. The van der Waals surface area contributed by atoms with Gasteiger partial charge in [-0.1, -0.05) is 18.2 Å². The van der Waals surface area contributed by atoms with Gasteiger partial charge in [0.05, 0.1) is 17.4 Å². The second-order valence-corrected chi connectivity index (χ2v) is 7.23. The Balaban J connectivity index is 1.83. The first-order valence-corrected chi connectivity index (χ1v) is 9.59. The molecule has 1 aromatic carbocycles. The largest absolute Gasteiger partial charge is 0.356 e. The zero-order valence-corrected chi connectivity index (χ0v) is 14.9. The summed E-state index contributed by atoms with van der Waals surface area (Å²) in [4.78, 5) is 26.0. The van der Waals surface area contributed by atoms with Crippen molar-refractivity contribution < 1.29 is 4.79 Å². The van der Waals surface area contributed by atoms with Gasteiger partial charge in [-0.2, -0.15) is 9.97 Å². The minimum Gasteiger partial charge on any atom is -0.356 e. The van der Waals surface area contributed by atoms with Crippen molar-refractivity contribution in [1.29, 1.82) is 0 Å². The number of aldehydes is 1. The zero-order valence-electron chi connectivity index (χ0n) is 14.9. The summed E-state index contributed by atoms with van der Waals surface area (Å²) in [6.45, 7) is 4.43. The summed E-state index contributed by atoms with van der Waals surface area (Å²) in [6, 6.07) is 8.27. The average molecular weight is 349 g/mol. The molecule has 0 radical (unpaired) electrons. The summed E-state index contributed by atoms with van der Waals surface area (Å²) in [5.41, 5.74) is 1.94. The molecular formula is C20H23N5O. The van der Waals surface area contributed by atoms with E-state index >= 15 is 0 Å². The van der Waals surface area contributed by atoms with Crippen molar-refractivity contribution in [3.8, 4) is 0 Å². The fraction of sp³-hybridized carbons (Fsp3) is 0.450. The quantitative estimate of drug-likeness (QED) is 0.678. The van der Waals surface area contributed by atoms with E-state index in [0.29, 0.717) is 6.54 Å². The topological polar surface area (TPSA) is 54.3 Å². The molecule has 2 aromatic heterocycles. The van der Waals surface area contributed by atoms with Crippen LogP contribution in [0.25, 0.3) is 21.9 Å². The van der Waals surface area contributed by atoms with E-state index in [1.807, 2.05) is 10.6 Å². The van der Waals surface area contributed by atoms with Crippen LogP contribution in [0.5, 0.6) is 0 Å². The first kappa shape index (κ1) is 15.6. The van der Waals surface area contributed by atoms with Crippen LogP contribution in [0.2, 0.25) is 0 Å². The van der Waals surface area contributed by atoms with Crippen LogP contribution in [-0.2, 0) is 11.3 Å². The van der Waals surface area contributed by atoms with Crippen LogP contribution in [-0.4, -0.2) is 47.0 Å². The predicted octanol–water partition coefficient (Wildman–Crippen LogP) is 2.98. The van der Waals surface area contributed by atoms with Gasteiger partial charge in [0.15, 0.2) is 0 Å². The number of fused-ring (bicyclic) bond motifs is 3. The van der Waals surface area contributed by atoms with Crippen molar-refractivity contribution in [3.05, 3.63) is 24.3 Å². The van der Waals surface area contributed by atoms with Crippen molar-refractivity contribution in [2.24, 2.45) is 0 Å². The molecule has 4 heterocycles. The highest BCUT2D eigenvalue weighted by Crippen LogP contribution is 2.37. The number of rotatable bonds is 4. The molecule has 6 heteroatoms. The normalized spacial score (nSPS) is 17.7. The summed E-state index contributed by atoms with van der Waals surface area (Å²) in [7, 11) is 0. The molecule has 0 N–H and O–H groups in total. The molecule has 134 valence electrons. The summed E-state index contributed by atoms with van der Waals surface area (Å²) in [5.74, 6) is 1.85. The maximum absolute atomic E-state index is 11.4. The lowest BCUT2D eigenvalue weighted by molar-refractivity contribution is -0.108. The minimum atomic E-state index is 0.319. The number of anilines is 2. The molecule has 0 spiro atoms. The fourth-order valence-electron chi connectivity index (χ4n) is 4.37. The Morgan fingerprint density at radius 2 is 1.62 bits per heavy atom. The molecule has 2 saturated heterocycles. The number of nitrogens with zero attached hydrogens (tertiary/aromatic N) is 5. The molecule has 0 atom stereocenters. The van der Waals surface area contributed by atoms with Gasteiger partial charge in [0.1, 0.15) is 17.8 Å². The molecule has 3 aromatic rings. The molecule has 6 nitrogen and oxygen atoms in total. The number of carbonyl (C=O) groups is 1. The highest BCUT2D eigenvalue weighted by molar-refractivity contribution is 6.12. The van der Waals surface area contributed by atoms with Gasteiger partial charge in [-0.25, -0.2) is 0 Å². The number of carbonyl (C=O) groups excluding carboxylic acids is 1. The molecule has 26 heavy (non-hydrogen) atoms. The van der Waals surface area contributed by atoms with Crippen molar-refractivity contribution in [1.82, 2.24) is 14.5 Å². The summed E-state index contributed by atoms with van der Waals surface area (Å²) < 4.78 is 2.04. The first-order valence-electron chi connectivity index (χ1n) is 9.59. The molecule has 0 saturated carbocycles.